The van der Waals surface area contributed by atoms with E-state index in [1.165, 1.54) is 4.90 Å². The zero-order valence-corrected chi connectivity index (χ0v) is 13.1. The molecule has 1 atom stereocenters. The molecule has 2 rings (SSSR count). The molecule has 1 unspecified atom stereocenters. The van der Waals surface area contributed by atoms with E-state index in [4.69, 9.17) is 4.74 Å². The van der Waals surface area contributed by atoms with Crippen LogP contribution in [0.25, 0.3) is 0 Å². The van der Waals surface area contributed by atoms with Crippen LogP contribution in [-0.2, 0) is 27.3 Å². The molecule has 0 radical (unpaired) electrons. The van der Waals surface area contributed by atoms with Gasteiger partial charge in [0.15, 0.2) is 0 Å². The first kappa shape index (κ1) is 16.5. The molecule has 1 aromatic rings. The van der Waals surface area contributed by atoms with Crippen LogP contribution in [0.4, 0.5) is 0 Å². The first-order valence-electron chi connectivity index (χ1n) is 7.69. The molecular weight excluding hydrogens is 282 g/mol. The third kappa shape index (κ3) is 4.07. The molecule has 5 heteroatoms. The summed E-state index contributed by atoms with van der Waals surface area (Å²) < 4.78 is 5.42. The highest BCUT2D eigenvalue weighted by molar-refractivity contribution is 5.84. The zero-order valence-electron chi connectivity index (χ0n) is 13.1. The second-order valence-corrected chi connectivity index (χ2v) is 5.87. The smallest absolute Gasteiger partial charge is 0.326 e. The molecule has 0 spiro atoms. The molecule has 1 heterocycles. The van der Waals surface area contributed by atoms with Gasteiger partial charge in [0.1, 0.15) is 6.04 Å². The summed E-state index contributed by atoms with van der Waals surface area (Å²) in [7, 11) is 0. The van der Waals surface area contributed by atoms with Gasteiger partial charge >= 0.3 is 5.97 Å². The van der Waals surface area contributed by atoms with Crippen molar-refractivity contribution in [1.82, 2.24) is 4.90 Å². The fourth-order valence-corrected chi connectivity index (χ4v) is 2.69. The Morgan fingerprint density at radius 1 is 1.32 bits per heavy atom. The van der Waals surface area contributed by atoms with E-state index in [2.05, 4.69) is 0 Å². The van der Waals surface area contributed by atoms with Gasteiger partial charge in [0.2, 0.25) is 5.91 Å². The maximum atomic E-state index is 12.4. The molecule has 22 heavy (non-hydrogen) atoms. The number of carbonyl (C=O) groups excluding carboxylic acids is 1. The Bertz CT molecular complexity index is 541. The van der Waals surface area contributed by atoms with Gasteiger partial charge in [-0.05, 0) is 31.4 Å². The number of amides is 1. The Balaban J connectivity index is 2.01. The van der Waals surface area contributed by atoms with Gasteiger partial charge in [0, 0.05) is 26.0 Å². The van der Waals surface area contributed by atoms with Crippen LogP contribution in [0.15, 0.2) is 24.3 Å². The van der Waals surface area contributed by atoms with Crippen LogP contribution >= 0.6 is 0 Å². The molecule has 0 fully saturated rings. The predicted molar refractivity (Wildman–Crippen MR) is 82.4 cm³/mol. The van der Waals surface area contributed by atoms with E-state index < -0.39 is 12.0 Å². The van der Waals surface area contributed by atoms with Crippen molar-refractivity contribution in [3.63, 3.8) is 0 Å². The van der Waals surface area contributed by atoms with Crippen LogP contribution in [0.2, 0.25) is 0 Å². The Kier molecular flexibility index (Phi) is 5.55. The highest BCUT2D eigenvalue weighted by Gasteiger charge is 2.33. The molecule has 120 valence electrons. The summed E-state index contributed by atoms with van der Waals surface area (Å²) in [5.41, 5.74) is 2.05. The van der Waals surface area contributed by atoms with Crippen molar-refractivity contribution >= 4 is 11.9 Å². The lowest BCUT2D eigenvalue weighted by Crippen LogP contribution is -2.48. The van der Waals surface area contributed by atoms with Crippen LogP contribution in [0, 0.1) is 0 Å². The minimum absolute atomic E-state index is 0.116. The second-order valence-electron chi connectivity index (χ2n) is 5.87. The largest absolute Gasteiger partial charge is 0.480 e. The lowest BCUT2D eigenvalue weighted by molar-refractivity contribution is -0.151. The first-order chi connectivity index (χ1) is 10.5. The Labute approximate surface area is 130 Å². The fourth-order valence-electron chi connectivity index (χ4n) is 2.69. The molecule has 0 aromatic heterocycles. The number of benzene rings is 1. The van der Waals surface area contributed by atoms with Crippen molar-refractivity contribution in [2.45, 2.75) is 51.8 Å². The van der Waals surface area contributed by atoms with Crippen molar-refractivity contribution in [3.8, 4) is 0 Å². The van der Waals surface area contributed by atoms with Crippen LogP contribution in [0.1, 0.15) is 37.8 Å². The minimum atomic E-state index is -0.943. The van der Waals surface area contributed by atoms with E-state index in [-0.39, 0.29) is 12.0 Å². The topological polar surface area (TPSA) is 66.8 Å². The summed E-state index contributed by atoms with van der Waals surface area (Å²) in [4.78, 5) is 25.3. The van der Waals surface area contributed by atoms with Crippen LogP contribution in [-0.4, -0.2) is 40.6 Å². The molecule has 1 N–H and O–H groups in total. The summed E-state index contributed by atoms with van der Waals surface area (Å²) >= 11 is 0. The molecule has 1 aliphatic heterocycles. The number of carboxylic acid groups (broad SMARTS) is 1. The van der Waals surface area contributed by atoms with E-state index in [0.29, 0.717) is 32.4 Å². The van der Waals surface area contributed by atoms with Crippen molar-refractivity contribution in [3.05, 3.63) is 35.4 Å². The maximum Gasteiger partial charge on any atom is 0.326 e. The summed E-state index contributed by atoms with van der Waals surface area (Å²) in [6.07, 6.45) is 1.45. The number of nitrogens with zero attached hydrogens (tertiary/aromatic N) is 1. The summed E-state index contributed by atoms with van der Waals surface area (Å²) in [6, 6.07) is 6.94. The molecule has 0 saturated carbocycles. The van der Waals surface area contributed by atoms with E-state index in [1.54, 1.807) is 0 Å². The van der Waals surface area contributed by atoms with Gasteiger partial charge in [-0.25, -0.2) is 4.79 Å². The van der Waals surface area contributed by atoms with Gasteiger partial charge in [-0.3, -0.25) is 4.79 Å². The van der Waals surface area contributed by atoms with Crippen molar-refractivity contribution in [2.75, 3.05) is 6.61 Å². The van der Waals surface area contributed by atoms with Crippen LogP contribution in [0.5, 0.6) is 0 Å². The molecule has 0 saturated heterocycles. The second kappa shape index (κ2) is 7.40. The molecule has 5 nitrogen and oxygen atoms in total. The Morgan fingerprint density at radius 3 is 2.64 bits per heavy atom. The number of hydrogen-bond acceptors (Lipinski definition) is 3. The standard InChI is InChI=1S/C17H23NO4/c1-12(2)22-9-5-8-16(19)18-11-14-7-4-3-6-13(14)10-15(18)17(20)21/h3-4,6-7,12,15H,5,8-11H2,1-2H3,(H,20,21). The van der Waals surface area contributed by atoms with Crippen molar-refractivity contribution in [1.29, 1.82) is 0 Å². The third-order valence-electron chi connectivity index (χ3n) is 3.84. The highest BCUT2D eigenvalue weighted by atomic mass is 16.5. The van der Waals surface area contributed by atoms with E-state index >= 15 is 0 Å². The maximum absolute atomic E-state index is 12.4. The van der Waals surface area contributed by atoms with Crippen LogP contribution in [0.3, 0.4) is 0 Å². The average molecular weight is 305 g/mol. The highest BCUT2D eigenvalue weighted by Crippen LogP contribution is 2.24. The van der Waals surface area contributed by atoms with Crippen molar-refractivity contribution in [2.24, 2.45) is 0 Å². The number of hydrogen-bond donors (Lipinski definition) is 1. The molecular formula is C17H23NO4. The van der Waals surface area contributed by atoms with Crippen molar-refractivity contribution < 1.29 is 19.4 Å². The number of carboxylic acids is 1. The van der Waals surface area contributed by atoms with Gasteiger partial charge in [0.05, 0.1) is 6.10 Å². The van der Waals surface area contributed by atoms with Gasteiger partial charge in [-0.1, -0.05) is 24.3 Å². The third-order valence-corrected chi connectivity index (χ3v) is 3.84. The van der Waals surface area contributed by atoms with Gasteiger partial charge in [-0.15, -0.1) is 0 Å². The lowest BCUT2D eigenvalue weighted by atomic mass is 9.93. The summed E-state index contributed by atoms with van der Waals surface area (Å²) in [5, 5.41) is 9.41. The van der Waals surface area contributed by atoms with E-state index in [9.17, 15) is 14.7 Å². The van der Waals surface area contributed by atoms with E-state index in [1.807, 2.05) is 38.1 Å². The molecule has 1 amide bonds. The number of aliphatic carboxylic acids is 1. The molecule has 0 bridgehead atoms. The normalized spacial score (nSPS) is 17.4. The number of ether oxygens (including phenoxy) is 1. The number of rotatable bonds is 6. The van der Waals surface area contributed by atoms with Crippen LogP contribution < -0.4 is 0 Å². The number of carbonyl (C=O) groups is 2. The fraction of sp³-hybridized carbons (Fsp3) is 0.529. The quantitative estimate of drug-likeness (QED) is 0.818. The average Bonchev–Trinajstić information content (AvgIpc) is 2.49. The van der Waals surface area contributed by atoms with Gasteiger partial charge < -0.3 is 14.7 Å². The predicted octanol–water partition coefficient (Wildman–Crippen LogP) is 2.23. The monoisotopic (exact) mass is 305 g/mol. The Hall–Kier alpha value is -1.88. The zero-order chi connectivity index (χ0) is 16.1. The first-order valence-corrected chi connectivity index (χ1v) is 7.69. The lowest BCUT2D eigenvalue weighted by Gasteiger charge is -2.34. The Morgan fingerprint density at radius 2 is 2.00 bits per heavy atom. The summed E-state index contributed by atoms with van der Waals surface area (Å²) in [5.74, 6) is -1.06. The van der Waals surface area contributed by atoms with Gasteiger partial charge in [0.25, 0.3) is 0 Å². The van der Waals surface area contributed by atoms with Gasteiger partial charge in [-0.2, -0.15) is 0 Å². The molecule has 0 aliphatic carbocycles. The molecule has 1 aromatic carbocycles. The number of fused-ring (bicyclic) bond motifs is 1. The molecule has 1 aliphatic rings. The SMILES string of the molecule is CC(C)OCCCC(=O)N1Cc2ccccc2CC1C(=O)O. The minimum Gasteiger partial charge on any atom is -0.480 e. The summed E-state index contributed by atoms with van der Waals surface area (Å²) in [6.45, 7) is 4.79. The van der Waals surface area contributed by atoms with E-state index in [0.717, 1.165) is 11.1 Å².